The van der Waals surface area contributed by atoms with E-state index in [4.69, 9.17) is 5.11 Å². The molecule has 120 valence electrons. The van der Waals surface area contributed by atoms with Gasteiger partial charge in [-0.25, -0.2) is 0 Å². The van der Waals surface area contributed by atoms with Crippen molar-refractivity contribution >= 4 is 22.6 Å². The maximum Gasteiger partial charge on any atom is 0.303 e. The first-order valence-electron chi connectivity index (χ1n) is 8.03. The Balaban J connectivity index is 1.88. The number of pyridine rings is 1. The molecule has 1 aromatic carbocycles. The maximum absolute atomic E-state index is 13.0. The van der Waals surface area contributed by atoms with E-state index in [2.05, 4.69) is 4.98 Å². The van der Waals surface area contributed by atoms with E-state index in [-0.39, 0.29) is 18.4 Å². The molecule has 0 spiro atoms. The fourth-order valence-electron chi connectivity index (χ4n) is 3.28. The van der Waals surface area contributed by atoms with Crippen molar-refractivity contribution in [1.29, 1.82) is 0 Å². The maximum atomic E-state index is 13.0. The lowest BCUT2D eigenvalue weighted by atomic mass is 9.97. The van der Waals surface area contributed by atoms with Gasteiger partial charge in [-0.2, -0.15) is 0 Å². The number of aliphatic carboxylic acids is 1. The molecule has 5 nitrogen and oxygen atoms in total. The summed E-state index contributed by atoms with van der Waals surface area (Å²) in [7, 11) is 0. The Morgan fingerprint density at radius 1 is 1.22 bits per heavy atom. The van der Waals surface area contributed by atoms with Gasteiger partial charge in [-0.1, -0.05) is 24.3 Å². The molecule has 1 N–H and O–H groups in total. The predicted molar refractivity (Wildman–Crippen MR) is 87.3 cm³/mol. The molecule has 2 heterocycles. The summed E-state index contributed by atoms with van der Waals surface area (Å²) < 4.78 is 0. The second-order valence-corrected chi connectivity index (χ2v) is 5.96. The van der Waals surface area contributed by atoms with Crippen molar-refractivity contribution in [3.63, 3.8) is 0 Å². The van der Waals surface area contributed by atoms with Crippen LogP contribution in [0.1, 0.15) is 42.6 Å². The number of nitrogens with zero attached hydrogens (tertiary/aromatic N) is 2. The third-order valence-corrected chi connectivity index (χ3v) is 4.46. The smallest absolute Gasteiger partial charge is 0.303 e. The van der Waals surface area contributed by atoms with Gasteiger partial charge in [-0.05, 0) is 37.1 Å². The second-order valence-electron chi connectivity index (χ2n) is 5.96. The summed E-state index contributed by atoms with van der Waals surface area (Å²) in [5.41, 5.74) is 0.463. The van der Waals surface area contributed by atoms with Crippen LogP contribution in [-0.4, -0.2) is 39.5 Å². The van der Waals surface area contributed by atoms with E-state index in [0.717, 1.165) is 30.0 Å². The first-order chi connectivity index (χ1) is 11.2. The summed E-state index contributed by atoms with van der Waals surface area (Å²) in [6.45, 7) is 0.675. The molecular weight excluding hydrogens is 292 g/mol. The van der Waals surface area contributed by atoms with E-state index in [1.54, 1.807) is 6.20 Å². The number of hydrogen-bond acceptors (Lipinski definition) is 3. The minimum Gasteiger partial charge on any atom is -0.481 e. The number of carbonyl (C=O) groups excluding carboxylic acids is 1. The predicted octanol–water partition coefficient (Wildman–Crippen LogP) is 3.09. The average Bonchev–Trinajstić information content (AvgIpc) is 2.59. The van der Waals surface area contributed by atoms with Crippen LogP contribution >= 0.6 is 0 Å². The van der Waals surface area contributed by atoms with E-state index < -0.39 is 5.97 Å². The van der Waals surface area contributed by atoms with Crippen LogP contribution in [0.15, 0.2) is 36.5 Å². The normalized spacial score (nSPS) is 18.1. The van der Waals surface area contributed by atoms with Gasteiger partial charge in [0.2, 0.25) is 0 Å². The minimum absolute atomic E-state index is 0.00637. The zero-order valence-corrected chi connectivity index (χ0v) is 12.9. The fourth-order valence-corrected chi connectivity index (χ4v) is 3.28. The number of rotatable bonds is 4. The van der Waals surface area contributed by atoms with E-state index in [1.165, 1.54) is 0 Å². The van der Waals surface area contributed by atoms with Crippen LogP contribution in [0.3, 0.4) is 0 Å². The first-order valence-corrected chi connectivity index (χ1v) is 8.03. The van der Waals surface area contributed by atoms with Gasteiger partial charge in [0.1, 0.15) is 5.69 Å². The second kappa shape index (κ2) is 6.77. The number of likely N-dealkylation sites (tertiary alicyclic amines) is 1. The molecule has 1 atom stereocenters. The van der Waals surface area contributed by atoms with E-state index in [1.807, 2.05) is 35.2 Å². The monoisotopic (exact) mass is 312 g/mol. The molecule has 23 heavy (non-hydrogen) atoms. The molecule has 1 aliphatic rings. The molecule has 1 aromatic heterocycles. The molecule has 1 saturated heterocycles. The Morgan fingerprint density at radius 2 is 2.04 bits per heavy atom. The molecule has 1 aliphatic heterocycles. The SMILES string of the molecule is O=C(O)CC[C@@H]1CCCCN1C(=O)c1nccc2ccccc12. The quantitative estimate of drug-likeness (QED) is 0.941. The highest BCUT2D eigenvalue weighted by molar-refractivity contribution is 6.05. The molecule has 5 heteroatoms. The van der Waals surface area contributed by atoms with Crippen molar-refractivity contribution in [3.8, 4) is 0 Å². The molecule has 2 aromatic rings. The van der Waals surface area contributed by atoms with Crippen LogP contribution in [0.25, 0.3) is 10.8 Å². The zero-order chi connectivity index (χ0) is 16.2. The summed E-state index contributed by atoms with van der Waals surface area (Å²) in [6, 6.07) is 9.60. The molecule has 0 unspecified atom stereocenters. The first kappa shape index (κ1) is 15.5. The summed E-state index contributed by atoms with van der Waals surface area (Å²) in [5, 5.41) is 10.8. The summed E-state index contributed by atoms with van der Waals surface area (Å²) in [6.07, 6.45) is 5.12. The minimum atomic E-state index is -0.814. The van der Waals surface area contributed by atoms with Crippen molar-refractivity contribution < 1.29 is 14.7 Å². The highest BCUT2D eigenvalue weighted by Crippen LogP contribution is 2.25. The van der Waals surface area contributed by atoms with Gasteiger partial charge in [0.05, 0.1) is 0 Å². The van der Waals surface area contributed by atoms with Crippen LogP contribution in [0, 0.1) is 0 Å². The molecule has 0 saturated carbocycles. The van der Waals surface area contributed by atoms with Gasteiger partial charge in [-0.15, -0.1) is 0 Å². The summed E-state index contributed by atoms with van der Waals surface area (Å²) in [4.78, 5) is 30.0. The average molecular weight is 312 g/mol. The molecule has 0 aliphatic carbocycles. The van der Waals surface area contributed by atoms with Crippen molar-refractivity contribution in [1.82, 2.24) is 9.88 Å². The van der Waals surface area contributed by atoms with Gasteiger partial charge >= 0.3 is 5.97 Å². The number of carboxylic acids is 1. The number of piperidine rings is 1. The Kier molecular flexibility index (Phi) is 4.55. The number of carbonyl (C=O) groups is 2. The lowest BCUT2D eigenvalue weighted by Crippen LogP contribution is -2.44. The van der Waals surface area contributed by atoms with Gasteiger partial charge in [0.15, 0.2) is 0 Å². The van der Waals surface area contributed by atoms with Crippen molar-refractivity contribution in [2.75, 3.05) is 6.54 Å². The number of hydrogen-bond donors (Lipinski definition) is 1. The number of fused-ring (bicyclic) bond motifs is 1. The van der Waals surface area contributed by atoms with Gasteiger partial charge < -0.3 is 10.0 Å². The Bertz CT molecular complexity index is 724. The lowest BCUT2D eigenvalue weighted by Gasteiger charge is -2.35. The van der Waals surface area contributed by atoms with Crippen molar-refractivity contribution in [2.45, 2.75) is 38.1 Å². The van der Waals surface area contributed by atoms with Crippen LogP contribution in [0.2, 0.25) is 0 Å². The van der Waals surface area contributed by atoms with Gasteiger partial charge in [0, 0.05) is 30.6 Å². The molecule has 1 amide bonds. The van der Waals surface area contributed by atoms with Crippen molar-refractivity contribution in [2.24, 2.45) is 0 Å². The van der Waals surface area contributed by atoms with E-state index >= 15 is 0 Å². The highest BCUT2D eigenvalue weighted by Gasteiger charge is 2.29. The van der Waals surface area contributed by atoms with Gasteiger partial charge in [0.25, 0.3) is 5.91 Å². The molecule has 3 rings (SSSR count). The fraction of sp³-hybridized carbons (Fsp3) is 0.389. The third-order valence-electron chi connectivity index (χ3n) is 4.46. The number of carboxylic acid groups (broad SMARTS) is 1. The lowest BCUT2D eigenvalue weighted by molar-refractivity contribution is -0.137. The topological polar surface area (TPSA) is 70.5 Å². The standard InChI is InChI=1S/C18H20N2O3/c21-16(22)9-8-14-6-3-4-12-20(14)18(23)17-15-7-2-1-5-13(15)10-11-19-17/h1-2,5,7,10-11,14H,3-4,6,8-9,12H2,(H,21,22)/t14-/m0/s1. The number of amides is 1. The van der Waals surface area contributed by atoms with Crippen LogP contribution in [0.5, 0.6) is 0 Å². The molecule has 0 bridgehead atoms. The summed E-state index contributed by atoms with van der Waals surface area (Å²) >= 11 is 0. The van der Waals surface area contributed by atoms with E-state index in [0.29, 0.717) is 18.7 Å². The van der Waals surface area contributed by atoms with Crippen LogP contribution in [0.4, 0.5) is 0 Å². The largest absolute Gasteiger partial charge is 0.481 e. The van der Waals surface area contributed by atoms with Crippen molar-refractivity contribution in [3.05, 3.63) is 42.2 Å². The van der Waals surface area contributed by atoms with E-state index in [9.17, 15) is 9.59 Å². The zero-order valence-electron chi connectivity index (χ0n) is 12.9. The summed E-state index contributed by atoms with van der Waals surface area (Å²) in [5.74, 6) is -0.900. The highest BCUT2D eigenvalue weighted by atomic mass is 16.4. The van der Waals surface area contributed by atoms with Gasteiger partial charge in [-0.3, -0.25) is 14.6 Å². The Labute approximate surface area is 134 Å². The molecular formula is C18H20N2O3. The molecule has 0 radical (unpaired) electrons. The Morgan fingerprint density at radius 3 is 2.87 bits per heavy atom. The third kappa shape index (κ3) is 3.33. The number of aromatic nitrogens is 1. The number of benzene rings is 1. The Hall–Kier alpha value is -2.43. The molecule has 1 fully saturated rings. The van der Waals surface area contributed by atoms with Crippen LogP contribution < -0.4 is 0 Å². The van der Waals surface area contributed by atoms with Crippen LogP contribution in [-0.2, 0) is 4.79 Å².